The lowest BCUT2D eigenvalue weighted by Crippen LogP contribution is -1.93. The summed E-state index contributed by atoms with van der Waals surface area (Å²) in [5.41, 5.74) is 11.5. The first-order valence-electron chi connectivity index (χ1n) is 8.40. The monoisotopic (exact) mass is 370 g/mol. The number of aryl methyl sites for hydroxylation is 1. The summed E-state index contributed by atoms with van der Waals surface area (Å²) < 4.78 is 4.56. The molecule has 7 heteroatoms. The predicted octanol–water partition coefficient (Wildman–Crippen LogP) is 4.25. The van der Waals surface area contributed by atoms with Crippen LogP contribution in [-0.4, -0.2) is 24.3 Å². The number of anilines is 1. The molecule has 0 aliphatic heterocycles. The average molecular weight is 370 g/mol. The highest BCUT2D eigenvalue weighted by Gasteiger charge is 2.14. The van der Waals surface area contributed by atoms with Gasteiger partial charge in [0.2, 0.25) is 0 Å². The van der Waals surface area contributed by atoms with E-state index in [9.17, 15) is 0 Å². The Morgan fingerprint density at radius 1 is 0.963 bits per heavy atom. The smallest absolute Gasteiger partial charge is 0.149 e. The van der Waals surface area contributed by atoms with E-state index in [0.717, 1.165) is 49.3 Å². The molecule has 6 nitrogen and oxygen atoms in total. The Morgan fingerprint density at radius 2 is 1.89 bits per heavy atom. The summed E-state index contributed by atoms with van der Waals surface area (Å²) in [5, 5.41) is 1.89. The van der Waals surface area contributed by atoms with Crippen molar-refractivity contribution < 1.29 is 0 Å². The SMILES string of the molecule is Cc1cc(-c2ccccn2)nc2cc(-c3nsc4ncnc(N)c34)ccc12. The first-order chi connectivity index (χ1) is 13.2. The normalized spacial score (nSPS) is 11.3. The van der Waals surface area contributed by atoms with Gasteiger partial charge in [-0.3, -0.25) is 4.98 Å². The topological polar surface area (TPSA) is 90.5 Å². The highest BCUT2D eigenvalue weighted by atomic mass is 32.1. The second-order valence-electron chi connectivity index (χ2n) is 6.24. The van der Waals surface area contributed by atoms with Gasteiger partial charge < -0.3 is 5.73 Å². The minimum Gasteiger partial charge on any atom is -0.383 e. The van der Waals surface area contributed by atoms with Crippen molar-refractivity contribution in [2.75, 3.05) is 5.73 Å². The number of hydrogen-bond acceptors (Lipinski definition) is 7. The van der Waals surface area contributed by atoms with Crippen LogP contribution < -0.4 is 5.73 Å². The van der Waals surface area contributed by atoms with Crippen LogP contribution in [0.4, 0.5) is 5.82 Å². The first-order valence-corrected chi connectivity index (χ1v) is 9.17. The third-order valence-electron chi connectivity index (χ3n) is 4.52. The maximum absolute atomic E-state index is 6.07. The standard InChI is InChI=1S/C20H14N6S/c1-11-8-16(14-4-2-3-7-22-14)25-15-9-12(5-6-13(11)15)18-17-19(21)23-10-24-20(17)27-26-18/h2-10H,1H3,(H2,21,23,24). The molecule has 1 aromatic carbocycles. The van der Waals surface area contributed by atoms with E-state index in [1.165, 1.54) is 17.9 Å². The molecule has 0 aliphatic carbocycles. The zero-order valence-corrected chi connectivity index (χ0v) is 15.2. The lowest BCUT2D eigenvalue weighted by atomic mass is 10.0. The third kappa shape index (κ3) is 2.60. The maximum Gasteiger partial charge on any atom is 0.149 e. The van der Waals surface area contributed by atoms with Crippen molar-refractivity contribution in [1.82, 2.24) is 24.3 Å². The Hall–Kier alpha value is -3.45. The van der Waals surface area contributed by atoms with E-state index in [1.807, 2.05) is 30.3 Å². The molecule has 0 fully saturated rings. The lowest BCUT2D eigenvalue weighted by molar-refractivity contribution is 1.24. The van der Waals surface area contributed by atoms with Crippen molar-refractivity contribution in [3.05, 3.63) is 60.6 Å². The Morgan fingerprint density at radius 3 is 2.74 bits per heavy atom. The van der Waals surface area contributed by atoms with Gasteiger partial charge in [0.25, 0.3) is 0 Å². The number of fused-ring (bicyclic) bond motifs is 2. The fourth-order valence-electron chi connectivity index (χ4n) is 3.20. The van der Waals surface area contributed by atoms with Gasteiger partial charge in [0.05, 0.1) is 28.0 Å². The number of nitrogens with zero attached hydrogens (tertiary/aromatic N) is 5. The summed E-state index contributed by atoms with van der Waals surface area (Å²) >= 11 is 1.32. The number of nitrogens with two attached hydrogens (primary N) is 1. The molecule has 0 aliphatic rings. The van der Waals surface area contributed by atoms with E-state index >= 15 is 0 Å². The summed E-state index contributed by atoms with van der Waals surface area (Å²) in [6, 6.07) is 14.0. The summed E-state index contributed by atoms with van der Waals surface area (Å²) in [4.78, 5) is 18.4. The molecule has 4 heterocycles. The Labute approximate surface area is 158 Å². The zero-order valence-electron chi connectivity index (χ0n) is 14.4. The van der Waals surface area contributed by atoms with Gasteiger partial charge in [-0.2, -0.15) is 4.37 Å². The van der Waals surface area contributed by atoms with Gasteiger partial charge in [-0.05, 0) is 48.3 Å². The third-order valence-corrected chi connectivity index (χ3v) is 5.28. The fourth-order valence-corrected chi connectivity index (χ4v) is 3.96. The van der Waals surface area contributed by atoms with Crippen molar-refractivity contribution >= 4 is 38.5 Å². The molecule has 5 aromatic rings. The molecule has 4 aromatic heterocycles. The average Bonchev–Trinajstić information content (AvgIpc) is 3.14. The minimum absolute atomic E-state index is 0.440. The lowest BCUT2D eigenvalue weighted by Gasteiger charge is -2.08. The van der Waals surface area contributed by atoms with E-state index in [1.54, 1.807) is 6.20 Å². The quantitative estimate of drug-likeness (QED) is 0.499. The first kappa shape index (κ1) is 15.8. The molecule has 0 atom stereocenters. The molecule has 0 spiro atoms. The predicted molar refractivity (Wildman–Crippen MR) is 108 cm³/mol. The van der Waals surface area contributed by atoms with E-state index in [2.05, 4.69) is 38.4 Å². The summed E-state index contributed by atoms with van der Waals surface area (Å²) in [6.45, 7) is 2.08. The van der Waals surface area contributed by atoms with Crippen LogP contribution in [0.15, 0.2) is 55.0 Å². The van der Waals surface area contributed by atoms with Gasteiger partial charge >= 0.3 is 0 Å². The van der Waals surface area contributed by atoms with Crippen LogP contribution in [0.25, 0.3) is 43.8 Å². The van der Waals surface area contributed by atoms with Crippen molar-refractivity contribution in [3.8, 4) is 22.6 Å². The van der Waals surface area contributed by atoms with Crippen LogP contribution >= 0.6 is 11.5 Å². The minimum atomic E-state index is 0.440. The number of rotatable bonds is 2. The molecule has 0 saturated heterocycles. The molecule has 0 unspecified atom stereocenters. The van der Waals surface area contributed by atoms with Gasteiger partial charge in [0, 0.05) is 17.1 Å². The molecule has 0 saturated carbocycles. The van der Waals surface area contributed by atoms with E-state index in [4.69, 9.17) is 10.7 Å². The van der Waals surface area contributed by atoms with Gasteiger partial charge in [0.1, 0.15) is 17.0 Å². The molecule has 27 heavy (non-hydrogen) atoms. The van der Waals surface area contributed by atoms with Crippen molar-refractivity contribution in [2.45, 2.75) is 6.92 Å². The second kappa shape index (κ2) is 6.07. The number of nitrogen functional groups attached to an aromatic ring is 1. The molecule has 0 amide bonds. The molecule has 2 N–H and O–H groups in total. The molecular formula is C20H14N6S. The molecule has 0 bridgehead atoms. The van der Waals surface area contributed by atoms with E-state index < -0.39 is 0 Å². The van der Waals surface area contributed by atoms with Crippen LogP contribution in [0, 0.1) is 6.92 Å². The fraction of sp³-hybridized carbons (Fsp3) is 0.0500. The van der Waals surface area contributed by atoms with Crippen molar-refractivity contribution in [3.63, 3.8) is 0 Å². The zero-order chi connectivity index (χ0) is 18.4. The summed E-state index contributed by atoms with van der Waals surface area (Å²) in [7, 11) is 0. The molecule has 130 valence electrons. The van der Waals surface area contributed by atoms with E-state index in [-0.39, 0.29) is 0 Å². The number of aromatic nitrogens is 5. The van der Waals surface area contributed by atoms with Gasteiger partial charge in [-0.25, -0.2) is 15.0 Å². The van der Waals surface area contributed by atoms with Gasteiger partial charge in [-0.1, -0.05) is 18.2 Å². The van der Waals surface area contributed by atoms with Crippen molar-refractivity contribution in [2.24, 2.45) is 0 Å². The van der Waals surface area contributed by atoms with Gasteiger partial charge in [-0.15, -0.1) is 0 Å². The summed E-state index contributed by atoms with van der Waals surface area (Å²) in [5.74, 6) is 0.440. The van der Waals surface area contributed by atoms with Crippen LogP contribution in [-0.2, 0) is 0 Å². The molecular weight excluding hydrogens is 356 g/mol. The number of benzene rings is 1. The second-order valence-corrected chi connectivity index (χ2v) is 6.99. The highest BCUT2D eigenvalue weighted by Crippen LogP contribution is 2.34. The molecule has 0 radical (unpaired) electrons. The maximum atomic E-state index is 6.07. The Balaban J connectivity index is 1.73. The molecule has 5 rings (SSSR count). The number of pyridine rings is 2. The van der Waals surface area contributed by atoms with Crippen LogP contribution in [0.3, 0.4) is 0 Å². The van der Waals surface area contributed by atoms with Crippen LogP contribution in [0.2, 0.25) is 0 Å². The number of hydrogen-bond donors (Lipinski definition) is 1. The van der Waals surface area contributed by atoms with Crippen LogP contribution in [0.5, 0.6) is 0 Å². The Bertz CT molecular complexity index is 1300. The van der Waals surface area contributed by atoms with E-state index in [0.29, 0.717) is 5.82 Å². The van der Waals surface area contributed by atoms with Crippen molar-refractivity contribution in [1.29, 1.82) is 0 Å². The Kier molecular flexibility index (Phi) is 3.54. The van der Waals surface area contributed by atoms with Crippen LogP contribution in [0.1, 0.15) is 5.56 Å². The van der Waals surface area contributed by atoms with Gasteiger partial charge in [0.15, 0.2) is 0 Å². The largest absolute Gasteiger partial charge is 0.383 e. The highest BCUT2D eigenvalue weighted by molar-refractivity contribution is 7.13. The summed E-state index contributed by atoms with van der Waals surface area (Å²) in [6.07, 6.45) is 3.24.